The maximum Gasteiger partial charge on any atom is 0.246 e. The smallest absolute Gasteiger partial charge is 0.246 e. The molecule has 5 heteroatoms. The van der Waals surface area contributed by atoms with Gasteiger partial charge in [-0.05, 0) is 43.2 Å². The van der Waals surface area contributed by atoms with Gasteiger partial charge in [0.15, 0.2) is 0 Å². The molecule has 0 saturated heterocycles. The topological polar surface area (TPSA) is 57.4 Å². The minimum atomic E-state index is 0.348. The van der Waals surface area contributed by atoms with Crippen LogP contribution in [0.2, 0.25) is 0 Å². The van der Waals surface area contributed by atoms with E-state index in [1.54, 1.807) is 19.2 Å². The van der Waals surface area contributed by atoms with E-state index in [4.69, 9.17) is 15.2 Å². The number of rotatable bonds is 3. The van der Waals surface area contributed by atoms with Gasteiger partial charge in [0, 0.05) is 10.5 Å². The summed E-state index contributed by atoms with van der Waals surface area (Å²) in [6.07, 6.45) is 0. The molecule has 2 N–H and O–H groups in total. The highest BCUT2D eigenvalue weighted by atomic mass is 79.9. The van der Waals surface area contributed by atoms with Crippen molar-refractivity contribution in [2.45, 2.75) is 13.8 Å². The number of hydrogen-bond acceptors (Lipinski definition) is 4. The van der Waals surface area contributed by atoms with Gasteiger partial charge >= 0.3 is 0 Å². The first kappa shape index (κ1) is 13.7. The van der Waals surface area contributed by atoms with Crippen LogP contribution in [-0.2, 0) is 0 Å². The van der Waals surface area contributed by atoms with Crippen LogP contribution in [0.4, 0.5) is 5.69 Å². The third-order valence-corrected chi connectivity index (χ3v) is 3.95. The molecule has 0 fully saturated rings. The molecule has 1 aromatic carbocycles. The number of aryl methyl sites for hydroxylation is 2. The van der Waals surface area contributed by atoms with E-state index in [9.17, 15) is 0 Å². The molecule has 0 atom stereocenters. The summed E-state index contributed by atoms with van der Waals surface area (Å²) in [6, 6.07) is 7.26. The summed E-state index contributed by atoms with van der Waals surface area (Å²) < 4.78 is 11.9. The van der Waals surface area contributed by atoms with Crippen molar-refractivity contribution in [3.63, 3.8) is 0 Å². The minimum absolute atomic E-state index is 0.348. The second-order valence-electron chi connectivity index (χ2n) is 4.22. The molecule has 100 valence electrons. The Morgan fingerprint density at radius 3 is 2.37 bits per heavy atom. The Labute approximate surface area is 120 Å². The number of nitrogens with zero attached hydrogens (tertiary/aromatic N) is 1. The standard InChI is InChI=1S/C14H15BrN2O2/c1-8-6-10(7-9(2)13(8)15)19-14-11(16)4-5-12(17-14)18-3/h4-7H,16H2,1-3H3. The van der Waals surface area contributed by atoms with Crippen molar-refractivity contribution < 1.29 is 9.47 Å². The minimum Gasteiger partial charge on any atom is -0.481 e. The molecule has 2 rings (SSSR count). The quantitative estimate of drug-likeness (QED) is 0.932. The molecule has 0 aliphatic rings. The van der Waals surface area contributed by atoms with Gasteiger partial charge in [-0.3, -0.25) is 0 Å². The molecule has 0 amide bonds. The summed E-state index contributed by atoms with van der Waals surface area (Å²) in [7, 11) is 1.55. The average Bonchev–Trinajstić information content (AvgIpc) is 2.38. The highest BCUT2D eigenvalue weighted by Gasteiger charge is 2.08. The van der Waals surface area contributed by atoms with Crippen LogP contribution in [0.25, 0.3) is 0 Å². The van der Waals surface area contributed by atoms with Gasteiger partial charge in [-0.25, -0.2) is 0 Å². The SMILES string of the molecule is COc1ccc(N)c(Oc2cc(C)c(Br)c(C)c2)n1. The van der Waals surface area contributed by atoms with Crippen LogP contribution in [0, 0.1) is 13.8 Å². The lowest BCUT2D eigenvalue weighted by Gasteiger charge is -2.11. The summed E-state index contributed by atoms with van der Waals surface area (Å²) >= 11 is 3.52. The van der Waals surface area contributed by atoms with Gasteiger partial charge in [0.25, 0.3) is 0 Å². The number of nitrogen functional groups attached to an aromatic ring is 1. The lowest BCUT2D eigenvalue weighted by atomic mass is 10.1. The van der Waals surface area contributed by atoms with Gasteiger partial charge < -0.3 is 15.2 Å². The maximum absolute atomic E-state index is 5.85. The number of ether oxygens (including phenoxy) is 2. The second kappa shape index (κ2) is 5.48. The zero-order chi connectivity index (χ0) is 14.0. The molecule has 0 aliphatic carbocycles. The van der Waals surface area contributed by atoms with Crippen LogP contribution < -0.4 is 15.2 Å². The third kappa shape index (κ3) is 2.98. The molecule has 0 saturated carbocycles. The molecule has 1 aromatic heterocycles. The highest BCUT2D eigenvalue weighted by Crippen LogP contribution is 2.31. The van der Waals surface area contributed by atoms with E-state index in [1.807, 2.05) is 26.0 Å². The molecule has 2 aromatic rings. The fraction of sp³-hybridized carbons (Fsp3) is 0.214. The van der Waals surface area contributed by atoms with Crippen molar-refractivity contribution in [2.24, 2.45) is 0 Å². The number of hydrogen-bond donors (Lipinski definition) is 1. The number of nitrogens with two attached hydrogens (primary N) is 1. The molecule has 0 bridgehead atoms. The van der Waals surface area contributed by atoms with Crippen LogP contribution in [0.1, 0.15) is 11.1 Å². The third-order valence-electron chi connectivity index (χ3n) is 2.70. The molecule has 19 heavy (non-hydrogen) atoms. The molecular formula is C14H15BrN2O2. The summed E-state index contributed by atoms with van der Waals surface area (Å²) in [5, 5.41) is 0. The number of aromatic nitrogens is 1. The predicted molar refractivity (Wildman–Crippen MR) is 78.9 cm³/mol. The Kier molecular flexibility index (Phi) is 3.95. The first-order valence-corrected chi connectivity index (χ1v) is 6.55. The Balaban J connectivity index is 2.36. The zero-order valence-electron chi connectivity index (χ0n) is 11.0. The molecular weight excluding hydrogens is 308 g/mol. The molecule has 1 heterocycles. The van der Waals surface area contributed by atoms with Crippen molar-refractivity contribution in [1.29, 1.82) is 0 Å². The van der Waals surface area contributed by atoms with Crippen molar-refractivity contribution in [3.05, 3.63) is 39.9 Å². The van der Waals surface area contributed by atoms with Crippen LogP contribution in [0.5, 0.6) is 17.5 Å². The van der Waals surface area contributed by atoms with Gasteiger partial charge in [0.1, 0.15) is 5.75 Å². The average molecular weight is 323 g/mol. The fourth-order valence-corrected chi connectivity index (χ4v) is 1.94. The summed E-state index contributed by atoms with van der Waals surface area (Å²) in [5.74, 6) is 1.51. The number of pyridine rings is 1. The van der Waals surface area contributed by atoms with Gasteiger partial charge in [-0.15, -0.1) is 0 Å². The van der Waals surface area contributed by atoms with E-state index < -0.39 is 0 Å². The second-order valence-corrected chi connectivity index (χ2v) is 5.01. The normalized spacial score (nSPS) is 10.3. The lowest BCUT2D eigenvalue weighted by Crippen LogP contribution is -1.97. The Morgan fingerprint density at radius 2 is 1.79 bits per heavy atom. The first-order valence-electron chi connectivity index (χ1n) is 5.76. The Hall–Kier alpha value is -1.75. The molecule has 0 spiro atoms. The summed E-state index contributed by atoms with van der Waals surface area (Å²) in [6.45, 7) is 4.01. The van der Waals surface area contributed by atoms with Crippen molar-refractivity contribution >= 4 is 21.6 Å². The van der Waals surface area contributed by atoms with Crippen molar-refractivity contribution in [2.75, 3.05) is 12.8 Å². The van der Waals surface area contributed by atoms with E-state index in [1.165, 1.54) is 0 Å². The van der Waals surface area contributed by atoms with E-state index in [2.05, 4.69) is 20.9 Å². The molecule has 4 nitrogen and oxygen atoms in total. The zero-order valence-corrected chi connectivity index (χ0v) is 12.6. The molecule has 0 aliphatic heterocycles. The molecule has 0 radical (unpaired) electrons. The number of halogens is 1. The van der Waals surface area contributed by atoms with E-state index in [0.29, 0.717) is 23.2 Å². The van der Waals surface area contributed by atoms with Crippen molar-refractivity contribution in [3.8, 4) is 17.5 Å². The monoisotopic (exact) mass is 322 g/mol. The van der Waals surface area contributed by atoms with Crippen LogP contribution in [0.3, 0.4) is 0 Å². The maximum atomic E-state index is 5.85. The van der Waals surface area contributed by atoms with E-state index >= 15 is 0 Å². The first-order chi connectivity index (χ1) is 9.01. The van der Waals surface area contributed by atoms with Crippen LogP contribution in [0.15, 0.2) is 28.7 Å². The van der Waals surface area contributed by atoms with Gasteiger partial charge in [0.2, 0.25) is 11.8 Å². The Morgan fingerprint density at radius 1 is 1.16 bits per heavy atom. The highest BCUT2D eigenvalue weighted by molar-refractivity contribution is 9.10. The van der Waals surface area contributed by atoms with Gasteiger partial charge in [0.05, 0.1) is 12.8 Å². The van der Waals surface area contributed by atoms with Gasteiger partial charge in [-0.1, -0.05) is 15.9 Å². The van der Waals surface area contributed by atoms with Crippen molar-refractivity contribution in [1.82, 2.24) is 4.98 Å². The van der Waals surface area contributed by atoms with Crippen LogP contribution >= 0.6 is 15.9 Å². The fourth-order valence-electron chi connectivity index (χ4n) is 1.71. The summed E-state index contributed by atoms with van der Waals surface area (Å²) in [4.78, 5) is 4.19. The number of methoxy groups -OCH3 is 1. The Bertz CT molecular complexity index is 591. The van der Waals surface area contributed by atoms with E-state index in [0.717, 1.165) is 15.6 Å². The van der Waals surface area contributed by atoms with Gasteiger partial charge in [-0.2, -0.15) is 4.98 Å². The number of anilines is 1. The molecule has 0 unspecified atom stereocenters. The van der Waals surface area contributed by atoms with E-state index in [-0.39, 0.29) is 0 Å². The summed E-state index contributed by atoms with van der Waals surface area (Å²) in [5.41, 5.74) is 8.50. The number of benzene rings is 1. The van der Waals surface area contributed by atoms with Crippen LogP contribution in [-0.4, -0.2) is 12.1 Å². The largest absolute Gasteiger partial charge is 0.481 e. The lowest BCUT2D eigenvalue weighted by molar-refractivity contribution is 0.384. The predicted octanol–water partition coefficient (Wildman–Crippen LogP) is 3.84.